The minimum Gasteiger partial charge on any atom is -0.380 e. The van der Waals surface area contributed by atoms with Crippen LogP contribution in [0.3, 0.4) is 0 Å². The molecule has 0 saturated carbocycles. The molecule has 0 aromatic carbocycles. The van der Waals surface area contributed by atoms with Crippen LogP contribution in [0.15, 0.2) is 0 Å². The Bertz CT molecular complexity index is 229. The number of alkyl halides is 3. The lowest BCUT2D eigenvalue weighted by atomic mass is 10.5. The van der Waals surface area contributed by atoms with Crippen molar-refractivity contribution >= 4 is 17.7 Å². The van der Waals surface area contributed by atoms with Crippen molar-refractivity contribution in [2.75, 3.05) is 0 Å². The van der Waals surface area contributed by atoms with Gasteiger partial charge in [-0.15, -0.1) is 0 Å². The quantitative estimate of drug-likeness (QED) is 0.332. The van der Waals surface area contributed by atoms with E-state index >= 15 is 0 Å². The average Bonchev–Trinajstić information content (AvgIpc) is 1.85. The van der Waals surface area contributed by atoms with Crippen molar-refractivity contribution in [3.8, 4) is 0 Å². The summed E-state index contributed by atoms with van der Waals surface area (Å²) in [6.07, 6.45) is -5.26. The Labute approximate surface area is 64.3 Å². The van der Waals surface area contributed by atoms with Gasteiger partial charge < -0.3 is 4.74 Å². The van der Waals surface area contributed by atoms with E-state index in [1.165, 1.54) is 0 Å². The maximum absolute atomic E-state index is 11.3. The van der Waals surface area contributed by atoms with E-state index in [2.05, 4.69) is 4.74 Å². The Hall–Kier alpha value is -1.40. The van der Waals surface area contributed by atoms with Gasteiger partial charge in [-0.05, 0) is 0 Å². The molecule has 0 rings (SSSR count). The van der Waals surface area contributed by atoms with Crippen LogP contribution >= 0.6 is 0 Å². The van der Waals surface area contributed by atoms with Gasteiger partial charge in [0.25, 0.3) is 0 Å². The van der Waals surface area contributed by atoms with Crippen molar-refractivity contribution in [1.82, 2.24) is 0 Å². The zero-order valence-corrected chi connectivity index (χ0v) is 5.77. The molecule has 0 atom stereocenters. The first-order valence-corrected chi connectivity index (χ1v) is 2.59. The van der Waals surface area contributed by atoms with Crippen LogP contribution < -0.4 is 0 Å². The first-order valence-electron chi connectivity index (χ1n) is 2.59. The van der Waals surface area contributed by atoms with Crippen molar-refractivity contribution < 1.29 is 32.3 Å². The standard InChI is InChI=1S/C5H3F3O4/c1-2(9)3(10)12-4(11)5(6,7)8/h1H3. The van der Waals surface area contributed by atoms with Crippen LogP contribution in [0, 0.1) is 0 Å². The molecule has 0 fully saturated rings. The van der Waals surface area contributed by atoms with Crippen molar-refractivity contribution in [3.05, 3.63) is 0 Å². The Morgan fingerprint density at radius 2 is 1.58 bits per heavy atom. The maximum Gasteiger partial charge on any atom is 0.491 e. The molecule has 0 aliphatic heterocycles. The summed E-state index contributed by atoms with van der Waals surface area (Å²) in [7, 11) is 0. The summed E-state index contributed by atoms with van der Waals surface area (Å²) in [6.45, 7) is 0.686. The smallest absolute Gasteiger partial charge is 0.380 e. The fourth-order valence-corrected chi connectivity index (χ4v) is 0.214. The van der Waals surface area contributed by atoms with E-state index in [-0.39, 0.29) is 0 Å². The molecule has 68 valence electrons. The Morgan fingerprint density at radius 3 is 1.83 bits per heavy atom. The number of carbonyl (C=O) groups excluding carboxylic acids is 3. The van der Waals surface area contributed by atoms with Gasteiger partial charge in [0.1, 0.15) is 0 Å². The van der Waals surface area contributed by atoms with Crippen molar-refractivity contribution in [3.63, 3.8) is 0 Å². The van der Waals surface area contributed by atoms with Crippen molar-refractivity contribution in [2.24, 2.45) is 0 Å². The molecular formula is C5H3F3O4. The summed E-state index contributed by atoms with van der Waals surface area (Å²) in [5, 5.41) is 0. The third kappa shape index (κ3) is 3.13. The zero-order valence-electron chi connectivity index (χ0n) is 5.77. The fraction of sp³-hybridized carbons (Fsp3) is 0.400. The number of hydrogen-bond acceptors (Lipinski definition) is 4. The first kappa shape index (κ1) is 10.6. The van der Waals surface area contributed by atoms with Gasteiger partial charge >= 0.3 is 18.1 Å². The van der Waals surface area contributed by atoms with Crippen molar-refractivity contribution in [1.29, 1.82) is 0 Å². The van der Waals surface area contributed by atoms with Gasteiger partial charge in [0.2, 0.25) is 5.78 Å². The number of esters is 2. The Kier molecular flexibility index (Phi) is 2.94. The molecule has 0 aliphatic rings. The first-order chi connectivity index (χ1) is 5.25. The largest absolute Gasteiger partial charge is 0.491 e. The molecule has 12 heavy (non-hydrogen) atoms. The lowest BCUT2D eigenvalue weighted by Crippen LogP contribution is -2.30. The third-order valence-corrected chi connectivity index (χ3v) is 0.704. The van der Waals surface area contributed by atoms with Crippen molar-refractivity contribution in [2.45, 2.75) is 13.1 Å². The topological polar surface area (TPSA) is 60.4 Å². The summed E-state index contributed by atoms with van der Waals surface area (Å²) in [5.41, 5.74) is 0. The summed E-state index contributed by atoms with van der Waals surface area (Å²) in [6, 6.07) is 0. The third-order valence-electron chi connectivity index (χ3n) is 0.704. The van der Waals surface area contributed by atoms with Crippen LogP contribution in [0.5, 0.6) is 0 Å². The van der Waals surface area contributed by atoms with Gasteiger partial charge in [-0.1, -0.05) is 0 Å². The van der Waals surface area contributed by atoms with E-state index in [1.54, 1.807) is 0 Å². The predicted octanol–water partition coefficient (Wildman–Crippen LogP) is 0.208. The van der Waals surface area contributed by atoms with E-state index in [4.69, 9.17) is 0 Å². The molecule has 0 aliphatic carbocycles. The lowest BCUT2D eigenvalue weighted by molar-refractivity contribution is -0.201. The number of halogens is 3. The molecule has 0 unspecified atom stereocenters. The van der Waals surface area contributed by atoms with Gasteiger partial charge in [-0.2, -0.15) is 13.2 Å². The molecule has 0 bridgehead atoms. The minimum absolute atomic E-state index is 0.686. The summed E-state index contributed by atoms with van der Waals surface area (Å²) in [4.78, 5) is 30.0. The molecule has 0 spiro atoms. The van der Waals surface area contributed by atoms with Gasteiger partial charge in [-0.3, -0.25) is 4.79 Å². The highest BCUT2D eigenvalue weighted by Crippen LogP contribution is 2.16. The molecule has 0 amide bonds. The van der Waals surface area contributed by atoms with Gasteiger partial charge in [0.15, 0.2) is 0 Å². The van der Waals surface area contributed by atoms with Crippen LogP contribution in [0.1, 0.15) is 6.92 Å². The molecule has 0 aromatic rings. The molecule has 0 aromatic heterocycles. The van der Waals surface area contributed by atoms with E-state index in [0.29, 0.717) is 6.92 Å². The van der Waals surface area contributed by atoms with Crippen LogP contribution in [-0.4, -0.2) is 23.9 Å². The second-order valence-corrected chi connectivity index (χ2v) is 1.73. The number of ketones is 1. The van der Waals surface area contributed by atoms with Gasteiger partial charge in [-0.25, -0.2) is 9.59 Å². The molecule has 0 radical (unpaired) electrons. The SMILES string of the molecule is CC(=O)C(=O)OC(=O)C(F)(F)F. The fourth-order valence-electron chi connectivity index (χ4n) is 0.214. The Balaban J connectivity index is 4.21. The second-order valence-electron chi connectivity index (χ2n) is 1.73. The van der Waals surface area contributed by atoms with Gasteiger partial charge in [0.05, 0.1) is 0 Å². The molecule has 0 saturated heterocycles. The average molecular weight is 184 g/mol. The summed E-state index contributed by atoms with van der Waals surface area (Å²) >= 11 is 0. The highest BCUT2D eigenvalue weighted by molar-refractivity contribution is 6.34. The highest BCUT2D eigenvalue weighted by Gasteiger charge is 2.42. The predicted molar refractivity (Wildman–Crippen MR) is 27.8 cm³/mol. The second kappa shape index (κ2) is 3.33. The minimum atomic E-state index is -5.26. The molecule has 4 nitrogen and oxygen atoms in total. The zero-order chi connectivity index (χ0) is 9.94. The van der Waals surface area contributed by atoms with E-state index in [1.807, 2.05) is 0 Å². The van der Waals surface area contributed by atoms with Crippen LogP contribution in [0.2, 0.25) is 0 Å². The molecule has 0 N–H and O–H groups in total. The number of rotatable bonds is 1. The summed E-state index contributed by atoms with van der Waals surface area (Å²) < 4.78 is 37.1. The number of ether oxygens (including phenoxy) is 1. The molecular weight excluding hydrogens is 181 g/mol. The number of Topliss-reactive ketones (excluding diaryl/α,β-unsaturated/α-hetero) is 1. The summed E-state index contributed by atoms with van der Waals surface area (Å²) in [5.74, 6) is -5.78. The molecule has 7 heteroatoms. The Morgan fingerprint density at radius 1 is 1.17 bits per heavy atom. The number of carbonyl (C=O) groups is 3. The lowest BCUT2D eigenvalue weighted by Gasteiger charge is -2.02. The monoisotopic (exact) mass is 184 g/mol. The van der Waals surface area contributed by atoms with E-state index in [0.717, 1.165) is 0 Å². The molecule has 0 heterocycles. The normalized spacial score (nSPS) is 10.7. The number of hydrogen-bond donors (Lipinski definition) is 0. The van der Waals surface area contributed by atoms with Crippen LogP contribution in [0.4, 0.5) is 13.2 Å². The highest BCUT2D eigenvalue weighted by atomic mass is 19.4. The van der Waals surface area contributed by atoms with Gasteiger partial charge in [0, 0.05) is 6.92 Å². The van der Waals surface area contributed by atoms with E-state index in [9.17, 15) is 27.6 Å². The van der Waals surface area contributed by atoms with Crippen LogP contribution in [-0.2, 0) is 19.1 Å². The van der Waals surface area contributed by atoms with E-state index < -0.39 is 23.9 Å². The van der Waals surface area contributed by atoms with Crippen LogP contribution in [0.25, 0.3) is 0 Å². The maximum atomic E-state index is 11.3.